The molecular weight excluding hydrogens is 558 g/mol. The van der Waals surface area contributed by atoms with Crippen LogP contribution in [0.25, 0.3) is 0 Å². The number of hydrogen-bond acceptors (Lipinski definition) is 5. The number of hydrogen-bond donors (Lipinski definition) is 1. The van der Waals surface area contributed by atoms with Crippen molar-refractivity contribution in [2.45, 2.75) is 94.7 Å². The molecule has 1 spiro atoms. The molecule has 7 nitrogen and oxygen atoms in total. The summed E-state index contributed by atoms with van der Waals surface area (Å²) in [4.78, 5) is 49.7. The van der Waals surface area contributed by atoms with E-state index in [1.807, 2.05) is 40.1 Å². The minimum absolute atomic E-state index is 0.0127. The summed E-state index contributed by atoms with van der Waals surface area (Å²) in [5.74, 6) is -1.40. The average Bonchev–Trinajstić information content (AvgIpc) is 3.18. The highest BCUT2D eigenvalue weighted by Gasteiger charge is 2.74. The third kappa shape index (κ3) is 5.70. The Balaban J connectivity index is 1.57. The molecule has 4 aliphatic heterocycles. The van der Waals surface area contributed by atoms with Crippen molar-refractivity contribution in [1.29, 1.82) is 0 Å². The van der Waals surface area contributed by atoms with E-state index >= 15 is 0 Å². The van der Waals surface area contributed by atoms with Gasteiger partial charge in [0.05, 0.1) is 16.6 Å². The van der Waals surface area contributed by atoms with E-state index in [2.05, 4.69) is 65.8 Å². The minimum Gasteiger partial charge on any atom is -0.396 e. The van der Waals surface area contributed by atoms with E-state index in [-0.39, 0.29) is 29.7 Å². The third-order valence-electron chi connectivity index (χ3n) is 9.63. The second-order valence-electron chi connectivity index (χ2n) is 14.8. The second-order valence-corrected chi connectivity index (χ2v) is 16.5. The molecule has 0 radical (unpaired) electrons. The van der Waals surface area contributed by atoms with Gasteiger partial charge in [-0.25, -0.2) is 0 Å². The molecule has 2 saturated heterocycles. The van der Waals surface area contributed by atoms with Crippen molar-refractivity contribution in [2.24, 2.45) is 17.3 Å². The molecule has 8 heteroatoms. The molecule has 0 saturated carbocycles. The number of carbonyl (C=O) groups is 3. The van der Waals surface area contributed by atoms with Gasteiger partial charge in [-0.2, -0.15) is 0 Å². The first-order valence-electron chi connectivity index (χ1n) is 15.9. The quantitative estimate of drug-likeness (QED) is 0.299. The molecule has 3 amide bonds. The minimum atomic E-state index is -0.842. The number of fused-ring (bicyclic) bond motifs is 2. The Kier molecular flexibility index (Phi) is 8.69. The number of carbonyl (C=O) groups excluding carboxylic acids is 3. The number of aliphatic hydroxyl groups is 1. The van der Waals surface area contributed by atoms with E-state index in [0.29, 0.717) is 19.6 Å². The van der Waals surface area contributed by atoms with E-state index < -0.39 is 32.9 Å². The molecule has 4 aliphatic rings. The number of anilines is 1. The molecule has 5 atom stereocenters. The lowest BCUT2D eigenvalue weighted by Crippen LogP contribution is -2.58. The van der Waals surface area contributed by atoms with E-state index in [1.165, 1.54) is 0 Å². The predicted molar refractivity (Wildman–Crippen MR) is 174 cm³/mol. The number of nitrogens with zero attached hydrogens (tertiary/aromatic N) is 3. The first-order valence-corrected chi connectivity index (χ1v) is 16.7. The molecular formula is C35H49N3O4S. The molecule has 2 fully saturated rings. The van der Waals surface area contributed by atoms with Gasteiger partial charge in [0.15, 0.2) is 0 Å². The van der Waals surface area contributed by atoms with Crippen molar-refractivity contribution in [3.63, 3.8) is 0 Å². The zero-order valence-corrected chi connectivity index (χ0v) is 27.5. The summed E-state index contributed by atoms with van der Waals surface area (Å²) in [6, 6.07) is 8.99. The van der Waals surface area contributed by atoms with Crippen LogP contribution in [0, 0.1) is 17.3 Å². The zero-order valence-electron chi connectivity index (χ0n) is 26.7. The van der Waals surface area contributed by atoms with E-state index in [9.17, 15) is 19.5 Å². The van der Waals surface area contributed by atoms with Crippen LogP contribution in [-0.2, 0) is 14.4 Å². The van der Waals surface area contributed by atoms with Gasteiger partial charge in [0.2, 0.25) is 17.7 Å². The molecule has 234 valence electrons. The number of unbranched alkanes of at least 4 members (excludes halogenated alkanes) is 3. The molecule has 5 rings (SSSR count). The molecule has 1 N–H and O–H groups in total. The van der Waals surface area contributed by atoms with E-state index in [1.54, 1.807) is 16.7 Å². The SMILES string of the molecule is CC(C)(C)CC(C)(C)N1CC=C[C@]23S[C@]4(C)C=CCN(c5ccccc5)C(=O)[C@@H]4[C@H]2C(=O)N(CCCCCCO)C3C1=O. The summed E-state index contributed by atoms with van der Waals surface area (Å²) in [7, 11) is 0. The topological polar surface area (TPSA) is 81.2 Å². The highest BCUT2D eigenvalue weighted by molar-refractivity contribution is 8.02. The summed E-state index contributed by atoms with van der Waals surface area (Å²) >= 11 is 1.65. The number of thioether (sulfide) groups is 1. The molecule has 43 heavy (non-hydrogen) atoms. The fraction of sp³-hybridized carbons (Fsp3) is 0.629. The van der Waals surface area contributed by atoms with Crippen molar-refractivity contribution >= 4 is 35.2 Å². The number of aliphatic hydroxyl groups excluding tert-OH is 1. The van der Waals surface area contributed by atoms with Crippen LogP contribution in [0.15, 0.2) is 54.6 Å². The van der Waals surface area contributed by atoms with Gasteiger partial charge in [0.25, 0.3) is 0 Å². The van der Waals surface area contributed by atoms with Gasteiger partial charge in [0, 0.05) is 42.2 Å². The Labute approximate surface area is 261 Å². The first-order chi connectivity index (χ1) is 20.3. The van der Waals surface area contributed by atoms with E-state index in [0.717, 1.165) is 37.8 Å². The number of amides is 3. The van der Waals surface area contributed by atoms with Crippen molar-refractivity contribution in [3.8, 4) is 0 Å². The molecule has 0 aliphatic carbocycles. The molecule has 1 aromatic carbocycles. The predicted octanol–water partition coefficient (Wildman–Crippen LogP) is 5.44. The van der Waals surface area contributed by atoms with Crippen molar-refractivity contribution < 1.29 is 19.5 Å². The summed E-state index contributed by atoms with van der Waals surface area (Å²) in [5, 5.41) is 9.25. The summed E-state index contributed by atoms with van der Waals surface area (Å²) < 4.78 is -1.47. The average molecular weight is 608 g/mol. The maximum absolute atomic E-state index is 14.9. The number of likely N-dealkylation sites (tertiary alicyclic amines) is 1. The zero-order chi connectivity index (χ0) is 31.2. The van der Waals surface area contributed by atoms with Crippen LogP contribution in [0.2, 0.25) is 0 Å². The van der Waals surface area contributed by atoms with Gasteiger partial charge in [-0.1, -0.05) is 76.1 Å². The highest BCUT2D eigenvalue weighted by atomic mass is 32.2. The van der Waals surface area contributed by atoms with Crippen LogP contribution in [-0.4, -0.2) is 79.9 Å². The number of rotatable bonds is 9. The lowest BCUT2D eigenvalue weighted by Gasteiger charge is -2.44. The Hall–Kier alpha value is -2.58. The first kappa shape index (κ1) is 31.8. The molecule has 4 heterocycles. The molecule has 0 aromatic heterocycles. The van der Waals surface area contributed by atoms with Crippen LogP contribution in [0.4, 0.5) is 5.69 Å². The van der Waals surface area contributed by atoms with Gasteiger partial charge in [-0.15, -0.1) is 11.8 Å². The Morgan fingerprint density at radius 1 is 0.860 bits per heavy atom. The summed E-state index contributed by atoms with van der Waals surface area (Å²) in [5.41, 5.74) is 0.410. The van der Waals surface area contributed by atoms with E-state index in [4.69, 9.17) is 0 Å². The third-order valence-corrected chi connectivity index (χ3v) is 11.4. The normalized spacial score (nSPS) is 30.8. The van der Waals surface area contributed by atoms with Crippen molar-refractivity contribution in [1.82, 2.24) is 9.80 Å². The lowest BCUT2D eigenvalue weighted by molar-refractivity contribution is -0.146. The summed E-state index contributed by atoms with van der Waals surface area (Å²) in [6.07, 6.45) is 12.4. The Bertz CT molecular complexity index is 1290. The van der Waals surface area contributed by atoms with Crippen LogP contribution in [0.5, 0.6) is 0 Å². The molecule has 0 bridgehead atoms. The van der Waals surface area contributed by atoms with Gasteiger partial charge in [-0.3, -0.25) is 14.4 Å². The van der Waals surface area contributed by atoms with Gasteiger partial charge in [0.1, 0.15) is 6.04 Å². The van der Waals surface area contributed by atoms with Gasteiger partial charge >= 0.3 is 0 Å². The van der Waals surface area contributed by atoms with Crippen LogP contribution in [0.1, 0.15) is 73.6 Å². The standard InChI is InChI=1S/C35H49N3O4S/c1-32(2,3)24-33(4,5)38-22-15-19-35-27(30(41)37(28(35)31(38)42)20-12-7-8-13-23-39)26-29(40)36(25-16-10-9-11-17-25)21-14-18-34(26,6)43-35/h9-11,14-19,26-28,39H,7-8,12-13,20-24H2,1-6H3/t26-,27-,28?,34+,35-/m0/s1. The largest absolute Gasteiger partial charge is 0.396 e. The van der Waals surface area contributed by atoms with Crippen molar-refractivity contribution in [3.05, 3.63) is 54.6 Å². The van der Waals surface area contributed by atoms with Gasteiger partial charge < -0.3 is 19.8 Å². The number of benzene rings is 1. The highest BCUT2D eigenvalue weighted by Crippen LogP contribution is 2.65. The van der Waals surface area contributed by atoms with Gasteiger partial charge in [-0.05, 0) is 57.6 Å². The second kappa shape index (κ2) is 11.7. The fourth-order valence-electron chi connectivity index (χ4n) is 8.29. The monoisotopic (exact) mass is 607 g/mol. The van der Waals surface area contributed by atoms with Crippen LogP contribution >= 0.6 is 11.8 Å². The summed E-state index contributed by atoms with van der Waals surface area (Å²) in [6.45, 7) is 14.5. The lowest BCUT2D eigenvalue weighted by atomic mass is 9.74. The Morgan fingerprint density at radius 2 is 1.53 bits per heavy atom. The van der Waals surface area contributed by atoms with Crippen LogP contribution < -0.4 is 4.90 Å². The number of para-hydroxylation sites is 1. The Morgan fingerprint density at radius 3 is 2.21 bits per heavy atom. The van der Waals surface area contributed by atoms with Crippen molar-refractivity contribution in [2.75, 3.05) is 31.1 Å². The maximum atomic E-state index is 14.9. The maximum Gasteiger partial charge on any atom is 0.247 e. The fourth-order valence-corrected chi connectivity index (χ4v) is 10.4. The molecule has 1 unspecified atom stereocenters. The molecule has 1 aromatic rings. The smallest absolute Gasteiger partial charge is 0.247 e. The van der Waals surface area contributed by atoms with Crippen LogP contribution in [0.3, 0.4) is 0 Å².